The van der Waals surface area contributed by atoms with E-state index in [1.54, 1.807) is 6.07 Å². The number of amides is 1. The topological polar surface area (TPSA) is 29.1 Å². The predicted molar refractivity (Wildman–Crippen MR) is 60.9 cm³/mol. The molecule has 0 spiro atoms. The molecule has 0 saturated heterocycles. The lowest BCUT2D eigenvalue weighted by atomic mass is 9.85. The van der Waals surface area contributed by atoms with Crippen molar-refractivity contribution in [1.29, 1.82) is 0 Å². The zero-order valence-electron chi connectivity index (χ0n) is 9.59. The van der Waals surface area contributed by atoms with E-state index < -0.39 is 0 Å². The molecule has 0 aromatic heterocycles. The van der Waals surface area contributed by atoms with E-state index in [1.807, 2.05) is 0 Å². The van der Waals surface area contributed by atoms with Crippen LogP contribution in [0.3, 0.4) is 0 Å². The normalized spacial score (nSPS) is 19.5. The molecule has 1 atom stereocenters. The van der Waals surface area contributed by atoms with E-state index in [4.69, 9.17) is 0 Å². The van der Waals surface area contributed by atoms with Crippen molar-refractivity contribution in [2.45, 2.75) is 26.2 Å². The van der Waals surface area contributed by atoms with Gasteiger partial charge in [-0.15, -0.1) is 0 Å². The largest absolute Gasteiger partial charge is 0.351 e. The molecular formula is C13H16FNO. The highest BCUT2D eigenvalue weighted by atomic mass is 19.1. The number of nitrogens with one attached hydrogen (secondary N) is 1. The van der Waals surface area contributed by atoms with Crippen molar-refractivity contribution in [2.75, 3.05) is 6.54 Å². The molecule has 1 aliphatic heterocycles. The molecule has 0 bridgehead atoms. The van der Waals surface area contributed by atoms with Gasteiger partial charge in [0.2, 0.25) is 0 Å². The van der Waals surface area contributed by atoms with Gasteiger partial charge in [0.05, 0.1) is 0 Å². The molecule has 1 heterocycles. The first-order valence-electron chi connectivity index (χ1n) is 5.65. The van der Waals surface area contributed by atoms with E-state index in [9.17, 15) is 9.18 Å². The van der Waals surface area contributed by atoms with Crippen LogP contribution < -0.4 is 5.32 Å². The van der Waals surface area contributed by atoms with Crippen LogP contribution in [0, 0.1) is 11.7 Å². The van der Waals surface area contributed by atoms with E-state index in [-0.39, 0.29) is 11.7 Å². The Balaban J connectivity index is 2.36. The van der Waals surface area contributed by atoms with Gasteiger partial charge in [-0.2, -0.15) is 0 Å². The van der Waals surface area contributed by atoms with Gasteiger partial charge in [0.25, 0.3) is 5.91 Å². The van der Waals surface area contributed by atoms with Crippen LogP contribution in [0.15, 0.2) is 18.2 Å². The summed E-state index contributed by atoms with van der Waals surface area (Å²) in [7, 11) is 0. The Bertz CT molecular complexity index is 414. The average molecular weight is 221 g/mol. The van der Waals surface area contributed by atoms with Gasteiger partial charge in [0.15, 0.2) is 0 Å². The van der Waals surface area contributed by atoms with Gasteiger partial charge in [-0.3, -0.25) is 4.79 Å². The number of rotatable bonds is 2. The summed E-state index contributed by atoms with van der Waals surface area (Å²) in [6, 6.07) is 4.51. The predicted octanol–water partition coefficient (Wildman–Crippen LogP) is 2.70. The van der Waals surface area contributed by atoms with Crippen molar-refractivity contribution in [1.82, 2.24) is 5.32 Å². The van der Waals surface area contributed by atoms with E-state index >= 15 is 0 Å². The molecule has 16 heavy (non-hydrogen) atoms. The van der Waals surface area contributed by atoms with Gasteiger partial charge in [-0.25, -0.2) is 4.39 Å². The molecule has 86 valence electrons. The second-order valence-electron chi connectivity index (χ2n) is 4.77. The Morgan fingerprint density at radius 1 is 1.50 bits per heavy atom. The molecule has 0 radical (unpaired) electrons. The molecule has 1 aliphatic rings. The third-order valence-electron chi connectivity index (χ3n) is 2.96. The fourth-order valence-corrected chi connectivity index (χ4v) is 2.28. The molecular weight excluding hydrogens is 205 g/mol. The Hall–Kier alpha value is -1.38. The smallest absolute Gasteiger partial charge is 0.251 e. The van der Waals surface area contributed by atoms with E-state index in [0.717, 1.165) is 12.0 Å². The summed E-state index contributed by atoms with van der Waals surface area (Å²) in [6.45, 7) is 4.97. The first-order valence-corrected chi connectivity index (χ1v) is 5.65. The van der Waals surface area contributed by atoms with E-state index in [1.165, 1.54) is 12.1 Å². The average Bonchev–Trinajstić information content (AvgIpc) is 2.22. The molecule has 2 rings (SSSR count). The van der Waals surface area contributed by atoms with Gasteiger partial charge >= 0.3 is 0 Å². The van der Waals surface area contributed by atoms with Crippen molar-refractivity contribution in [2.24, 2.45) is 5.92 Å². The molecule has 1 aromatic carbocycles. The maximum absolute atomic E-state index is 13.1. The quantitative estimate of drug-likeness (QED) is 0.817. The van der Waals surface area contributed by atoms with Crippen molar-refractivity contribution < 1.29 is 9.18 Å². The minimum absolute atomic E-state index is 0.158. The zero-order chi connectivity index (χ0) is 11.7. The summed E-state index contributed by atoms with van der Waals surface area (Å²) in [5.41, 5.74) is 1.48. The number of carbonyl (C=O) groups is 1. The monoisotopic (exact) mass is 221 g/mol. The number of hydrogen-bond donors (Lipinski definition) is 1. The first-order chi connectivity index (χ1) is 7.58. The lowest BCUT2D eigenvalue weighted by Crippen LogP contribution is -2.35. The van der Waals surface area contributed by atoms with Crippen molar-refractivity contribution >= 4 is 5.91 Å². The highest BCUT2D eigenvalue weighted by Crippen LogP contribution is 2.29. The third kappa shape index (κ3) is 2.08. The maximum atomic E-state index is 13.1. The molecule has 1 aromatic rings. The van der Waals surface area contributed by atoms with Crippen LogP contribution in [0.4, 0.5) is 4.39 Å². The Kier molecular flexibility index (Phi) is 2.95. The van der Waals surface area contributed by atoms with Gasteiger partial charge < -0.3 is 5.32 Å². The molecule has 1 N–H and O–H groups in total. The number of benzene rings is 1. The minimum atomic E-state index is -0.348. The highest BCUT2D eigenvalue weighted by molar-refractivity contribution is 5.97. The van der Waals surface area contributed by atoms with Crippen molar-refractivity contribution in [3.8, 4) is 0 Å². The molecule has 0 aliphatic carbocycles. The third-order valence-corrected chi connectivity index (χ3v) is 2.96. The maximum Gasteiger partial charge on any atom is 0.251 e. The van der Waals surface area contributed by atoms with Crippen LogP contribution in [0.1, 0.15) is 42.1 Å². The highest BCUT2D eigenvalue weighted by Gasteiger charge is 2.25. The van der Waals surface area contributed by atoms with Crippen LogP contribution in [0.25, 0.3) is 0 Å². The Morgan fingerprint density at radius 2 is 2.25 bits per heavy atom. The SMILES string of the molecule is CC(C)CC1CNC(=O)c2cc(F)ccc21. The second kappa shape index (κ2) is 4.24. The summed E-state index contributed by atoms with van der Waals surface area (Å²) < 4.78 is 13.1. The van der Waals surface area contributed by atoms with Crippen LogP contribution in [0.2, 0.25) is 0 Å². The zero-order valence-corrected chi connectivity index (χ0v) is 9.59. The van der Waals surface area contributed by atoms with Gasteiger partial charge in [-0.1, -0.05) is 19.9 Å². The Morgan fingerprint density at radius 3 is 2.94 bits per heavy atom. The summed E-state index contributed by atoms with van der Waals surface area (Å²) in [5, 5.41) is 2.82. The van der Waals surface area contributed by atoms with Crippen LogP contribution in [-0.4, -0.2) is 12.5 Å². The fourth-order valence-electron chi connectivity index (χ4n) is 2.28. The number of fused-ring (bicyclic) bond motifs is 1. The molecule has 1 unspecified atom stereocenters. The van der Waals surface area contributed by atoms with Crippen molar-refractivity contribution in [3.05, 3.63) is 35.1 Å². The van der Waals surface area contributed by atoms with Crippen molar-refractivity contribution in [3.63, 3.8) is 0 Å². The molecule has 1 amide bonds. The molecule has 2 nitrogen and oxygen atoms in total. The minimum Gasteiger partial charge on any atom is -0.351 e. The summed E-state index contributed by atoms with van der Waals surface area (Å²) >= 11 is 0. The lowest BCUT2D eigenvalue weighted by molar-refractivity contribution is 0.0937. The Labute approximate surface area is 94.9 Å². The number of halogens is 1. The molecule has 0 saturated carbocycles. The molecule has 3 heteroatoms. The van der Waals surface area contributed by atoms with E-state index in [2.05, 4.69) is 19.2 Å². The first kappa shape index (κ1) is 11.1. The standard InChI is InChI=1S/C13H16FNO/c1-8(2)5-9-7-15-13(16)12-6-10(14)3-4-11(9)12/h3-4,6,8-9H,5,7H2,1-2H3,(H,15,16). The number of carbonyl (C=O) groups excluding carboxylic acids is 1. The number of hydrogen-bond acceptors (Lipinski definition) is 1. The van der Waals surface area contributed by atoms with Crippen LogP contribution >= 0.6 is 0 Å². The van der Waals surface area contributed by atoms with Crippen LogP contribution in [0.5, 0.6) is 0 Å². The van der Waals surface area contributed by atoms with Crippen LogP contribution in [-0.2, 0) is 0 Å². The second-order valence-corrected chi connectivity index (χ2v) is 4.77. The summed E-state index contributed by atoms with van der Waals surface area (Å²) in [5.74, 6) is 0.375. The van der Waals surface area contributed by atoms with Gasteiger partial charge in [0, 0.05) is 18.0 Å². The van der Waals surface area contributed by atoms with E-state index in [0.29, 0.717) is 23.9 Å². The molecule has 0 fully saturated rings. The summed E-state index contributed by atoms with van der Waals surface area (Å²) in [4.78, 5) is 11.6. The summed E-state index contributed by atoms with van der Waals surface area (Å²) in [6.07, 6.45) is 1.01. The van der Waals surface area contributed by atoms with Gasteiger partial charge in [0.1, 0.15) is 5.82 Å². The lowest BCUT2D eigenvalue weighted by Gasteiger charge is -2.27. The fraction of sp³-hybridized carbons (Fsp3) is 0.462. The van der Waals surface area contributed by atoms with Gasteiger partial charge in [-0.05, 0) is 30.0 Å².